The van der Waals surface area contributed by atoms with Crippen molar-refractivity contribution in [3.63, 3.8) is 0 Å². The fourth-order valence-electron chi connectivity index (χ4n) is 0. The van der Waals surface area contributed by atoms with Crippen LogP contribution in [0.3, 0.4) is 0 Å². The first-order chi connectivity index (χ1) is 2.56. The Morgan fingerprint density at radius 2 is 1.33 bits per heavy atom. The van der Waals surface area contributed by atoms with Crippen molar-refractivity contribution in [2.45, 2.75) is 0 Å². The van der Waals surface area contributed by atoms with Crippen LogP contribution >= 0.6 is 57.9 Å². The average Bonchev–Trinajstić information content (AvgIpc) is 1.35. The Hall–Kier alpha value is 2.46. The van der Waals surface area contributed by atoms with E-state index in [-0.39, 0.29) is 0 Å². The van der Waals surface area contributed by atoms with Crippen LogP contribution in [0, 0.1) is 0 Å². The Morgan fingerprint density at radius 3 is 1.33 bits per heavy atom. The Balaban J connectivity index is 3.17. The van der Waals surface area contributed by atoms with Gasteiger partial charge in [-0.05, 0) is 0 Å². The summed E-state index contributed by atoms with van der Waals surface area (Å²) < 4.78 is 1.02. The first-order valence-corrected chi connectivity index (χ1v) is 18.5. The summed E-state index contributed by atoms with van der Waals surface area (Å²) in [5, 5.41) is 0. The number of rotatable bonds is 1. The van der Waals surface area contributed by atoms with Gasteiger partial charge in [-0.2, -0.15) is 0 Å². The molecule has 0 bridgehead atoms. The van der Waals surface area contributed by atoms with Gasteiger partial charge >= 0.3 is 69.8 Å². The molecule has 0 heterocycles. The molecule has 0 spiro atoms. The zero-order valence-corrected chi connectivity index (χ0v) is 11.2. The molecule has 0 aliphatic heterocycles. The third-order valence-corrected chi connectivity index (χ3v) is 21.3. The normalized spacial score (nSPS) is 12.0. The summed E-state index contributed by atoms with van der Waals surface area (Å²) >= 11 is 13.7. The van der Waals surface area contributed by atoms with E-state index < -0.39 is 7.74 Å². The monoisotopic (exact) mass is 404 g/mol. The van der Waals surface area contributed by atoms with E-state index in [2.05, 4.69) is 57.9 Å². The van der Waals surface area contributed by atoms with Crippen molar-refractivity contribution in [3.8, 4) is 0 Å². The fraction of sp³-hybridized carbons (Fsp3) is 1.00. The summed E-state index contributed by atoms with van der Waals surface area (Å²) in [6.07, 6.45) is 0. The number of alkyl halides is 1. The number of halogens is 4. The maximum absolute atomic E-state index is 3.45. The van der Waals surface area contributed by atoms with Gasteiger partial charge in [0.1, 0.15) is 0 Å². The molecule has 0 N–H and O–H groups in total. The van der Waals surface area contributed by atoms with E-state index in [1.54, 1.807) is 0 Å². The van der Waals surface area contributed by atoms with E-state index in [0.717, 1.165) is 4.16 Å². The Kier molecular flexibility index (Phi) is 4.91. The molecule has 0 fully saturated rings. The first-order valence-electron chi connectivity index (χ1n) is 1.19. The van der Waals surface area contributed by atoms with Gasteiger partial charge in [0, 0.05) is 0 Å². The van der Waals surface area contributed by atoms with Crippen LogP contribution in [0.15, 0.2) is 0 Å². The van der Waals surface area contributed by atoms with Crippen molar-refractivity contribution in [1.29, 1.82) is 0 Å². The third-order valence-electron chi connectivity index (χ3n) is 0.152. The van der Waals surface area contributed by atoms with Gasteiger partial charge in [0.25, 0.3) is 0 Å². The molecule has 0 aromatic carbocycles. The molecule has 0 atom stereocenters. The van der Waals surface area contributed by atoms with Crippen LogP contribution in [0.25, 0.3) is 0 Å². The summed E-state index contributed by atoms with van der Waals surface area (Å²) in [5.74, 6) is 0. The second-order valence-corrected chi connectivity index (χ2v) is 44.5. The molecule has 5 heteroatoms. The molecule has 6 heavy (non-hydrogen) atoms. The molecule has 38 valence electrons. The van der Waals surface area contributed by atoms with Gasteiger partial charge in [0.15, 0.2) is 0 Å². The average molecular weight is 406 g/mol. The van der Waals surface area contributed by atoms with Crippen LogP contribution in [0.4, 0.5) is 0 Å². The summed E-state index contributed by atoms with van der Waals surface area (Å²) in [6.45, 7) is 0. The standard InChI is InChI=1S/CH2Br4Ge/c2-1-6(3,4)5/h1H2. The SMILES string of the molecule is Br[CH2][Ge]([Br])([Br])[Br]. The topological polar surface area (TPSA) is 0 Å². The van der Waals surface area contributed by atoms with Crippen molar-refractivity contribution in [2.75, 3.05) is 4.16 Å². The van der Waals surface area contributed by atoms with Crippen LogP contribution < -0.4 is 0 Å². The van der Waals surface area contributed by atoms with E-state index in [0.29, 0.717) is 0 Å². The molecule has 0 amide bonds. The van der Waals surface area contributed by atoms with E-state index in [9.17, 15) is 0 Å². The van der Waals surface area contributed by atoms with Gasteiger partial charge < -0.3 is 0 Å². The number of hydrogen-bond donors (Lipinski definition) is 0. The van der Waals surface area contributed by atoms with Crippen molar-refractivity contribution in [3.05, 3.63) is 0 Å². The van der Waals surface area contributed by atoms with E-state index in [1.165, 1.54) is 0 Å². The minimum absolute atomic E-state index is 1.02. The van der Waals surface area contributed by atoms with E-state index in [4.69, 9.17) is 0 Å². The Morgan fingerprint density at radius 1 is 1.17 bits per heavy atom. The molecule has 0 aliphatic carbocycles. The molecular weight excluding hydrogens is 404 g/mol. The molecule has 0 rings (SSSR count). The van der Waals surface area contributed by atoms with Crippen LogP contribution in [0.1, 0.15) is 0 Å². The van der Waals surface area contributed by atoms with Crippen LogP contribution in [-0.2, 0) is 0 Å². The van der Waals surface area contributed by atoms with Gasteiger partial charge in [0.2, 0.25) is 0 Å². The zero-order valence-electron chi connectivity index (χ0n) is 2.72. The van der Waals surface area contributed by atoms with Crippen LogP contribution in [-0.4, -0.2) is 11.9 Å². The van der Waals surface area contributed by atoms with Gasteiger partial charge in [-0.1, -0.05) is 0 Å². The predicted octanol–water partition coefficient (Wildman–Crippen LogP) is 3.04. The molecule has 0 aromatic rings. The van der Waals surface area contributed by atoms with Crippen molar-refractivity contribution < 1.29 is 0 Å². The first kappa shape index (κ1) is 8.46. The molecule has 0 saturated carbocycles. The molecule has 0 saturated heterocycles. The van der Waals surface area contributed by atoms with Crippen LogP contribution in [0.5, 0.6) is 0 Å². The van der Waals surface area contributed by atoms with Crippen molar-refractivity contribution >= 4 is 65.7 Å². The molecule has 0 aliphatic rings. The van der Waals surface area contributed by atoms with Gasteiger partial charge in [0.05, 0.1) is 0 Å². The summed E-state index contributed by atoms with van der Waals surface area (Å²) in [5.41, 5.74) is 0. The van der Waals surface area contributed by atoms with Crippen molar-refractivity contribution in [1.82, 2.24) is 0 Å². The molecule has 0 unspecified atom stereocenters. The zero-order chi connectivity index (χ0) is 5.21. The quantitative estimate of drug-likeness (QED) is 0.464. The summed E-state index contributed by atoms with van der Waals surface area (Å²) in [7, 11) is -1.69. The second-order valence-electron chi connectivity index (χ2n) is 0.749. The molecule has 0 radical (unpaired) electrons. The van der Waals surface area contributed by atoms with E-state index >= 15 is 0 Å². The fourth-order valence-corrected chi connectivity index (χ4v) is 0. The van der Waals surface area contributed by atoms with E-state index in [1.807, 2.05) is 0 Å². The molecule has 0 nitrogen and oxygen atoms in total. The van der Waals surface area contributed by atoms with Gasteiger partial charge in [-0.3, -0.25) is 0 Å². The van der Waals surface area contributed by atoms with Gasteiger partial charge in [-0.15, -0.1) is 0 Å². The Bertz CT molecular complexity index is 37.3. The Labute approximate surface area is 68.8 Å². The second kappa shape index (κ2) is 3.48. The van der Waals surface area contributed by atoms with Crippen LogP contribution in [0.2, 0.25) is 0 Å². The summed E-state index contributed by atoms with van der Waals surface area (Å²) in [6, 6.07) is 0. The van der Waals surface area contributed by atoms with Gasteiger partial charge in [-0.25, -0.2) is 0 Å². The maximum atomic E-state index is 3.45. The van der Waals surface area contributed by atoms with Crippen molar-refractivity contribution in [2.24, 2.45) is 0 Å². The number of hydrogen-bond acceptors (Lipinski definition) is 0. The molecule has 0 aromatic heterocycles. The third kappa shape index (κ3) is 6.46. The molecular formula is CH2Br4Ge. The predicted molar refractivity (Wildman–Crippen MR) is 46.3 cm³/mol. The minimum atomic E-state index is -1.69. The summed E-state index contributed by atoms with van der Waals surface area (Å²) in [4.78, 5) is 0.